The molecule has 2 heterocycles. The molecule has 0 aliphatic rings. The smallest absolute Gasteiger partial charge is 0.262 e. The van der Waals surface area contributed by atoms with Gasteiger partial charge in [0.05, 0.1) is 22.3 Å². The van der Waals surface area contributed by atoms with Gasteiger partial charge in [0.15, 0.2) is 5.65 Å². The van der Waals surface area contributed by atoms with Gasteiger partial charge in [0.1, 0.15) is 0 Å². The maximum atomic E-state index is 13.0. The molecule has 0 unspecified atom stereocenters. The van der Waals surface area contributed by atoms with Gasteiger partial charge in [-0.15, -0.1) is 0 Å². The van der Waals surface area contributed by atoms with Gasteiger partial charge in [-0.2, -0.15) is 5.10 Å². The average molecular weight is 498 g/mol. The van der Waals surface area contributed by atoms with Crippen LogP contribution in [-0.2, 0) is 10.0 Å². The third kappa shape index (κ3) is 4.76. The Balaban J connectivity index is 1.61. The minimum absolute atomic E-state index is 0.0590. The first-order valence-electron chi connectivity index (χ1n) is 10.6. The van der Waals surface area contributed by atoms with E-state index in [0.717, 1.165) is 5.39 Å². The lowest BCUT2D eigenvalue weighted by Crippen LogP contribution is -2.17. The van der Waals surface area contributed by atoms with Crippen molar-refractivity contribution in [1.82, 2.24) is 14.8 Å². The van der Waals surface area contributed by atoms with Crippen LogP contribution in [0, 0.1) is 13.8 Å². The normalized spacial score (nSPS) is 11.7. The Hall–Kier alpha value is -3.43. The Morgan fingerprint density at radius 1 is 1.03 bits per heavy atom. The number of nitrogens with zero attached hydrogens (tertiary/aromatic N) is 3. The van der Waals surface area contributed by atoms with Crippen molar-refractivity contribution in [3.05, 3.63) is 76.6 Å². The fourth-order valence-corrected chi connectivity index (χ4v) is 5.02. The molecule has 4 rings (SSSR count). The summed E-state index contributed by atoms with van der Waals surface area (Å²) < 4.78 is 30.3. The first-order valence-corrected chi connectivity index (χ1v) is 12.5. The summed E-state index contributed by atoms with van der Waals surface area (Å²) >= 11 is 5.88. The van der Waals surface area contributed by atoms with Crippen LogP contribution in [0.25, 0.3) is 11.0 Å². The molecular formula is C24H24ClN5O3S. The summed E-state index contributed by atoms with van der Waals surface area (Å²) in [4.78, 5) is 17.7. The number of carbonyl (C=O) groups is 1. The fraction of sp³-hybridized carbons (Fsp3) is 0.208. The van der Waals surface area contributed by atoms with E-state index >= 15 is 0 Å². The molecule has 10 heteroatoms. The zero-order valence-electron chi connectivity index (χ0n) is 19.1. The van der Waals surface area contributed by atoms with Crippen molar-refractivity contribution in [2.75, 3.05) is 10.0 Å². The third-order valence-electron chi connectivity index (χ3n) is 5.33. The van der Waals surface area contributed by atoms with Gasteiger partial charge in [-0.05, 0) is 75.7 Å². The van der Waals surface area contributed by atoms with E-state index in [-0.39, 0.29) is 16.8 Å². The minimum Gasteiger partial charge on any atom is -0.322 e. The van der Waals surface area contributed by atoms with E-state index in [1.54, 1.807) is 67.2 Å². The lowest BCUT2D eigenvalue weighted by Gasteiger charge is -2.13. The van der Waals surface area contributed by atoms with Gasteiger partial charge in [-0.1, -0.05) is 17.7 Å². The van der Waals surface area contributed by atoms with Gasteiger partial charge in [0.25, 0.3) is 15.9 Å². The number of amides is 1. The molecule has 0 saturated heterocycles. The first kappa shape index (κ1) is 23.7. The fourth-order valence-electron chi connectivity index (χ4n) is 3.57. The quantitative estimate of drug-likeness (QED) is 0.374. The number of halogens is 1. The summed E-state index contributed by atoms with van der Waals surface area (Å²) in [6.45, 7) is 7.47. The Labute approximate surface area is 203 Å². The van der Waals surface area contributed by atoms with Crippen molar-refractivity contribution in [2.45, 2.75) is 38.6 Å². The molecule has 0 spiro atoms. The molecule has 0 bridgehead atoms. The molecule has 0 aliphatic heterocycles. The molecule has 1 amide bonds. The van der Waals surface area contributed by atoms with Crippen LogP contribution in [-0.4, -0.2) is 29.1 Å². The highest BCUT2D eigenvalue weighted by Crippen LogP contribution is 2.25. The van der Waals surface area contributed by atoms with Crippen LogP contribution in [0.3, 0.4) is 0 Å². The molecule has 0 aliphatic carbocycles. The van der Waals surface area contributed by atoms with Crippen molar-refractivity contribution in [3.63, 3.8) is 0 Å². The molecule has 2 aromatic carbocycles. The van der Waals surface area contributed by atoms with Gasteiger partial charge < -0.3 is 5.32 Å². The summed E-state index contributed by atoms with van der Waals surface area (Å²) in [6, 6.07) is 13.0. The second-order valence-corrected chi connectivity index (χ2v) is 10.4. The topological polar surface area (TPSA) is 106 Å². The number of hydrogen-bond donors (Lipinski definition) is 2. The monoisotopic (exact) mass is 497 g/mol. The van der Waals surface area contributed by atoms with Gasteiger partial charge in [0.2, 0.25) is 0 Å². The van der Waals surface area contributed by atoms with E-state index in [4.69, 9.17) is 11.6 Å². The Bertz CT molecular complexity index is 1500. The van der Waals surface area contributed by atoms with Crippen LogP contribution >= 0.6 is 11.6 Å². The van der Waals surface area contributed by atoms with E-state index < -0.39 is 10.0 Å². The Morgan fingerprint density at radius 3 is 2.38 bits per heavy atom. The molecule has 0 saturated carbocycles. The van der Waals surface area contributed by atoms with E-state index in [2.05, 4.69) is 20.1 Å². The van der Waals surface area contributed by atoms with Crippen LogP contribution in [0.5, 0.6) is 0 Å². The maximum absolute atomic E-state index is 13.0. The Morgan fingerprint density at radius 2 is 1.71 bits per heavy atom. The highest BCUT2D eigenvalue weighted by Gasteiger charge is 2.20. The summed E-state index contributed by atoms with van der Waals surface area (Å²) in [5, 5.41) is 8.39. The number of carbonyl (C=O) groups excluding carboxylic acids is 1. The van der Waals surface area contributed by atoms with Crippen molar-refractivity contribution in [1.29, 1.82) is 0 Å². The van der Waals surface area contributed by atoms with Crippen molar-refractivity contribution < 1.29 is 13.2 Å². The minimum atomic E-state index is -3.89. The standard InChI is InChI=1S/C24H24ClN5O3S/c1-14(2)30-23-17(13-26-30)11-21(16(4)27-23)24(31)28-20-8-5-15(3)22(12-20)34(32,33)29-19-9-6-18(25)7-10-19/h5-14,29H,1-4H3,(H,28,31). The zero-order chi connectivity index (χ0) is 24.6. The number of aromatic nitrogens is 3. The molecule has 176 valence electrons. The van der Waals surface area contributed by atoms with Gasteiger partial charge in [-0.3, -0.25) is 9.52 Å². The highest BCUT2D eigenvalue weighted by atomic mass is 35.5. The van der Waals surface area contributed by atoms with Gasteiger partial charge in [-0.25, -0.2) is 18.1 Å². The van der Waals surface area contributed by atoms with Crippen molar-refractivity contribution in [2.24, 2.45) is 0 Å². The number of benzene rings is 2. The number of pyridine rings is 1. The predicted molar refractivity (Wildman–Crippen MR) is 134 cm³/mol. The number of hydrogen-bond acceptors (Lipinski definition) is 5. The van der Waals surface area contributed by atoms with E-state index in [0.29, 0.717) is 38.9 Å². The summed E-state index contributed by atoms with van der Waals surface area (Å²) in [6.07, 6.45) is 1.68. The molecule has 2 N–H and O–H groups in total. The molecule has 2 aromatic heterocycles. The van der Waals surface area contributed by atoms with Gasteiger partial charge >= 0.3 is 0 Å². The molecule has 0 fully saturated rings. The Kier molecular flexibility index (Phi) is 6.33. The van der Waals surface area contributed by atoms with Crippen molar-refractivity contribution >= 4 is 49.9 Å². The number of nitrogens with one attached hydrogen (secondary N) is 2. The highest BCUT2D eigenvalue weighted by molar-refractivity contribution is 7.92. The molecule has 34 heavy (non-hydrogen) atoms. The summed E-state index contributed by atoms with van der Waals surface area (Å²) in [5.41, 5.74) is 2.93. The zero-order valence-corrected chi connectivity index (χ0v) is 20.7. The van der Waals surface area contributed by atoms with E-state index in [1.807, 2.05) is 13.8 Å². The van der Waals surface area contributed by atoms with E-state index in [9.17, 15) is 13.2 Å². The number of fused-ring (bicyclic) bond motifs is 1. The van der Waals surface area contributed by atoms with Gasteiger partial charge in [0, 0.05) is 27.8 Å². The summed E-state index contributed by atoms with van der Waals surface area (Å²) in [7, 11) is -3.89. The third-order valence-corrected chi connectivity index (χ3v) is 7.10. The molecule has 4 aromatic rings. The lowest BCUT2D eigenvalue weighted by molar-refractivity contribution is 0.102. The van der Waals surface area contributed by atoms with Crippen LogP contribution < -0.4 is 10.0 Å². The second kappa shape index (κ2) is 9.08. The largest absolute Gasteiger partial charge is 0.322 e. The number of sulfonamides is 1. The van der Waals surface area contributed by atoms with Crippen molar-refractivity contribution in [3.8, 4) is 0 Å². The van der Waals surface area contributed by atoms with E-state index in [1.165, 1.54) is 6.07 Å². The second-order valence-electron chi connectivity index (χ2n) is 8.26. The first-order chi connectivity index (χ1) is 16.0. The molecule has 8 nitrogen and oxygen atoms in total. The molecule has 0 radical (unpaired) electrons. The number of aryl methyl sites for hydroxylation is 2. The van der Waals surface area contributed by atoms with Crippen LogP contribution in [0.1, 0.15) is 41.5 Å². The number of anilines is 2. The maximum Gasteiger partial charge on any atom is 0.262 e. The molecule has 0 atom stereocenters. The summed E-state index contributed by atoms with van der Waals surface area (Å²) in [5.74, 6) is -0.387. The average Bonchev–Trinajstić information content (AvgIpc) is 3.18. The SMILES string of the molecule is Cc1ccc(NC(=O)c2cc3cnn(C(C)C)c3nc2C)cc1S(=O)(=O)Nc1ccc(Cl)cc1. The number of rotatable bonds is 6. The lowest BCUT2D eigenvalue weighted by atomic mass is 10.1. The van der Waals surface area contributed by atoms with Crippen LogP contribution in [0.4, 0.5) is 11.4 Å². The predicted octanol–water partition coefficient (Wildman–Crippen LogP) is 5.34. The van der Waals surface area contributed by atoms with Crippen LogP contribution in [0.2, 0.25) is 5.02 Å². The van der Waals surface area contributed by atoms with Crippen LogP contribution in [0.15, 0.2) is 59.6 Å². The molecular weight excluding hydrogens is 474 g/mol.